The van der Waals surface area contributed by atoms with Crippen molar-refractivity contribution in [2.45, 2.75) is 13.0 Å². The number of hydrogen-bond acceptors (Lipinski definition) is 7. The molecular weight excluding hydrogens is 392 g/mol. The number of nitrogens with two attached hydrogens (primary N) is 1. The Morgan fingerprint density at radius 2 is 1.81 bits per heavy atom. The Hall–Kier alpha value is -3.33. The number of aromatic nitrogens is 2. The fraction of sp³-hybridized carbons (Fsp3) is 0.261. The van der Waals surface area contributed by atoms with E-state index in [1.54, 1.807) is 13.1 Å². The van der Waals surface area contributed by atoms with Crippen molar-refractivity contribution in [2.24, 2.45) is 5.73 Å². The number of amides is 1. The molecule has 2 heterocycles. The van der Waals surface area contributed by atoms with Crippen LogP contribution in [-0.2, 0) is 9.53 Å². The number of carbonyl (C=O) groups excluding carboxylic acids is 1. The summed E-state index contributed by atoms with van der Waals surface area (Å²) in [7, 11) is 0. The third-order valence-corrected chi connectivity index (χ3v) is 4.97. The van der Waals surface area contributed by atoms with Crippen molar-refractivity contribution in [2.75, 3.05) is 36.6 Å². The van der Waals surface area contributed by atoms with Gasteiger partial charge in [0.05, 0.1) is 30.6 Å². The van der Waals surface area contributed by atoms with Crippen molar-refractivity contribution in [3.8, 4) is 11.3 Å². The molecule has 2 aromatic carbocycles. The van der Waals surface area contributed by atoms with Crippen LogP contribution < -0.4 is 16.1 Å². The Labute approximate surface area is 181 Å². The molecule has 1 amide bonds. The first kappa shape index (κ1) is 20.9. The summed E-state index contributed by atoms with van der Waals surface area (Å²) in [5, 5.41) is 7.03. The van der Waals surface area contributed by atoms with E-state index in [4.69, 9.17) is 15.5 Å². The molecule has 1 saturated heterocycles. The molecule has 0 saturated carbocycles. The summed E-state index contributed by atoms with van der Waals surface area (Å²) in [6.45, 7) is 4.50. The van der Waals surface area contributed by atoms with Gasteiger partial charge in [-0.1, -0.05) is 30.3 Å². The van der Waals surface area contributed by atoms with E-state index in [0.717, 1.165) is 30.0 Å². The molecule has 1 aromatic heterocycles. The Morgan fingerprint density at radius 1 is 1.10 bits per heavy atom. The zero-order chi connectivity index (χ0) is 21.6. The van der Waals surface area contributed by atoms with Crippen molar-refractivity contribution in [3.63, 3.8) is 0 Å². The van der Waals surface area contributed by atoms with Crippen LogP contribution >= 0.6 is 0 Å². The van der Waals surface area contributed by atoms with Gasteiger partial charge < -0.3 is 15.8 Å². The topological polar surface area (TPSA) is 96.6 Å². The number of para-hydroxylation sites is 1. The van der Waals surface area contributed by atoms with Gasteiger partial charge in [0.15, 0.2) is 0 Å². The van der Waals surface area contributed by atoms with Crippen LogP contribution in [-0.4, -0.2) is 53.2 Å². The zero-order valence-electron chi connectivity index (χ0n) is 17.4. The molecule has 3 aromatic rings. The lowest BCUT2D eigenvalue weighted by molar-refractivity contribution is -0.117. The van der Waals surface area contributed by atoms with E-state index in [0.29, 0.717) is 24.8 Å². The van der Waals surface area contributed by atoms with Crippen LogP contribution in [0.2, 0.25) is 0 Å². The van der Waals surface area contributed by atoms with Gasteiger partial charge in [-0.05, 0) is 37.3 Å². The van der Waals surface area contributed by atoms with Crippen molar-refractivity contribution in [3.05, 3.63) is 66.9 Å². The second-order valence-corrected chi connectivity index (χ2v) is 7.31. The number of rotatable bonds is 6. The predicted octanol–water partition coefficient (Wildman–Crippen LogP) is 2.81. The van der Waals surface area contributed by atoms with Gasteiger partial charge in [0.25, 0.3) is 0 Å². The summed E-state index contributed by atoms with van der Waals surface area (Å²) in [5.41, 5.74) is 9.03. The first-order valence-corrected chi connectivity index (χ1v) is 10.3. The van der Waals surface area contributed by atoms with E-state index in [-0.39, 0.29) is 5.91 Å². The average molecular weight is 419 g/mol. The highest BCUT2D eigenvalue weighted by Crippen LogP contribution is 2.27. The molecule has 8 nitrogen and oxygen atoms in total. The maximum Gasteiger partial charge on any atom is 0.245 e. The molecule has 1 atom stereocenters. The Bertz CT molecular complexity index is 1000. The monoisotopic (exact) mass is 418 g/mol. The largest absolute Gasteiger partial charge is 0.379 e. The van der Waals surface area contributed by atoms with Gasteiger partial charge in [-0.15, -0.1) is 0 Å². The highest BCUT2D eigenvalue weighted by Gasteiger charge is 2.23. The molecule has 3 N–H and O–H groups in total. The van der Waals surface area contributed by atoms with Gasteiger partial charge in [0.1, 0.15) is 0 Å². The number of morpholine rings is 1. The van der Waals surface area contributed by atoms with Gasteiger partial charge in [-0.2, -0.15) is 0 Å². The SMILES string of the molecule is CC(N)C(=O)Nc1ccc(-c2ccnc(N(c3ccccc3)N3CCOCC3)n2)cc1. The summed E-state index contributed by atoms with van der Waals surface area (Å²) < 4.78 is 5.52. The van der Waals surface area contributed by atoms with Gasteiger partial charge in [-0.25, -0.2) is 20.0 Å². The molecule has 8 heteroatoms. The molecule has 160 valence electrons. The minimum atomic E-state index is -0.562. The summed E-state index contributed by atoms with van der Waals surface area (Å²) in [6, 6.07) is 18.9. The van der Waals surface area contributed by atoms with Crippen LogP contribution in [0.1, 0.15) is 6.92 Å². The second-order valence-electron chi connectivity index (χ2n) is 7.31. The van der Waals surface area contributed by atoms with Crippen molar-refractivity contribution in [1.82, 2.24) is 15.0 Å². The number of hydrazine groups is 1. The van der Waals surface area contributed by atoms with Gasteiger partial charge in [0.2, 0.25) is 11.9 Å². The lowest BCUT2D eigenvalue weighted by Gasteiger charge is -2.37. The Balaban J connectivity index is 1.62. The van der Waals surface area contributed by atoms with Crippen LogP contribution in [0.4, 0.5) is 17.3 Å². The maximum atomic E-state index is 11.8. The molecule has 0 aliphatic carbocycles. The van der Waals surface area contributed by atoms with Crippen molar-refractivity contribution >= 4 is 23.2 Å². The highest BCUT2D eigenvalue weighted by atomic mass is 16.5. The van der Waals surface area contributed by atoms with E-state index in [9.17, 15) is 4.79 Å². The minimum Gasteiger partial charge on any atom is -0.379 e. The molecule has 4 rings (SSSR count). The summed E-state index contributed by atoms with van der Waals surface area (Å²) >= 11 is 0. The molecule has 31 heavy (non-hydrogen) atoms. The number of ether oxygens (including phenoxy) is 1. The van der Waals surface area contributed by atoms with E-state index in [2.05, 4.69) is 15.3 Å². The van der Waals surface area contributed by atoms with E-state index in [1.807, 2.05) is 65.7 Å². The van der Waals surface area contributed by atoms with E-state index < -0.39 is 6.04 Å². The molecular formula is C23H26N6O2. The molecule has 1 aliphatic heterocycles. The van der Waals surface area contributed by atoms with Crippen LogP contribution in [0.5, 0.6) is 0 Å². The van der Waals surface area contributed by atoms with Crippen LogP contribution in [0.25, 0.3) is 11.3 Å². The van der Waals surface area contributed by atoms with Crippen LogP contribution in [0.3, 0.4) is 0 Å². The van der Waals surface area contributed by atoms with Gasteiger partial charge in [-0.3, -0.25) is 4.79 Å². The molecule has 0 radical (unpaired) electrons. The zero-order valence-corrected chi connectivity index (χ0v) is 17.4. The number of nitrogens with one attached hydrogen (secondary N) is 1. The number of hydrogen-bond donors (Lipinski definition) is 2. The highest BCUT2D eigenvalue weighted by molar-refractivity contribution is 5.94. The smallest absolute Gasteiger partial charge is 0.245 e. The third-order valence-electron chi connectivity index (χ3n) is 4.97. The number of benzene rings is 2. The second kappa shape index (κ2) is 9.65. The number of nitrogens with zero attached hydrogens (tertiary/aromatic N) is 4. The fourth-order valence-corrected chi connectivity index (χ4v) is 3.32. The van der Waals surface area contributed by atoms with Crippen LogP contribution in [0, 0.1) is 0 Å². The third kappa shape index (κ3) is 5.05. The van der Waals surface area contributed by atoms with E-state index >= 15 is 0 Å². The normalized spacial score (nSPS) is 15.3. The predicted molar refractivity (Wildman–Crippen MR) is 121 cm³/mol. The summed E-state index contributed by atoms with van der Waals surface area (Å²) in [6.07, 6.45) is 1.76. The molecule has 1 aliphatic rings. The average Bonchev–Trinajstić information content (AvgIpc) is 2.81. The Morgan fingerprint density at radius 3 is 2.48 bits per heavy atom. The van der Waals surface area contributed by atoms with Crippen molar-refractivity contribution in [1.29, 1.82) is 0 Å². The number of carbonyl (C=O) groups is 1. The first-order chi connectivity index (χ1) is 15.1. The van der Waals surface area contributed by atoms with Crippen molar-refractivity contribution < 1.29 is 9.53 Å². The standard InChI is InChI=1S/C23H26N6O2/c1-17(24)22(30)26-19-9-7-18(8-10-19)21-11-12-25-23(27-21)29(20-5-3-2-4-6-20)28-13-15-31-16-14-28/h2-12,17H,13-16,24H2,1H3,(H,26,30). The first-order valence-electron chi connectivity index (χ1n) is 10.3. The Kier molecular flexibility index (Phi) is 6.51. The minimum absolute atomic E-state index is 0.221. The maximum absolute atomic E-state index is 11.8. The van der Waals surface area contributed by atoms with E-state index in [1.165, 1.54) is 0 Å². The molecule has 1 unspecified atom stereocenters. The van der Waals surface area contributed by atoms with Crippen LogP contribution in [0.15, 0.2) is 66.9 Å². The summed E-state index contributed by atoms with van der Waals surface area (Å²) in [4.78, 5) is 21.2. The fourth-order valence-electron chi connectivity index (χ4n) is 3.32. The quantitative estimate of drug-likeness (QED) is 0.635. The molecule has 0 spiro atoms. The van der Waals surface area contributed by atoms with Gasteiger partial charge in [0, 0.05) is 30.5 Å². The lowest BCUT2D eigenvalue weighted by Crippen LogP contribution is -2.47. The lowest BCUT2D eigenvalue weighted by atomic mass is 10.1. The van der Waals surface area contributed by atoms with Gasteiger partial charge >= 0.3 is 0 Å². The number of anilines is 3. The summed E-state index contributed by atoms with van der Waals surface area (Å²) in [5.74, 6) is 0.376. The molecule has 1 fully saturated rings. The molecule has 0 bridgehead atoms.